The molecule has 2 rings (SSSR count). The first kappa shape index (κ1) is 13.4. The van der Waals surface area contributed by atoms with E-state index in [1.54, 1.807) is 12.1 Å². The summed E-state index contributed by atoms with van der Waals surface area (Å²) in [4.78, 5) is 0. The summed E-state index contributed by atoms with van der Waals surface area (Å²) < 4.78 is 42.8. The van der Waals surface area contributed by atoms with Crippen molar-refractivity contribution in [1.29, 1.82) is 0 Å². The van der Waals surface area contributed by atoms with Gasteiger partial charge in [-0.1, -0.05) is 12.1 Å². The maximum absolute atomic E-state index is 12.5. The molecular weight excluding hydrogens is 243 g/mol. The highest BCUT2D eigenvalue weighted by molar-refractivity contribution is 5.30. The zero-order valence-electron chi connectivity index (χ0n) is 10.2. The number of ether oxygens (including phenoxy) is 1. The Bertz CT molecular complexity index is 394. The van der Waals surface area contributed by atoms with E-state index in [4.69, 9.17) is 4.74 Å². The summed E-state index contributed by atoms with van der Waals surface area (Å²) in [5.41, 5.74) is 0.0217. The molecule has 1 fully saturated rings. The van der Waals surface area contributed by atoms with Crippen LogP contribution in [0.3, 0.4) is 0 Å². The molecule has 0 spiro atoms. The van der Waals surface area contributed by atoms with Crippen molar-refractivity contribution in [1.82, 2.24) is 5.32 Å². The van der Waals surface area contributed by atoms with Gasteiger partial charge < -0.3 is 10.1 Å². The molecule has 1 saturated heterocycles. The molecule has 1 aromatic rings. The number of benzene rings is 1. The molecular formula is C13H16F3NO. The number of rotatable bonds is 2. The molecule has 0 radical (unpaired) electrons. The summed E-state index contributed by atoms with van der Waals surface area (Å²) in [7, 11) is 1.84. The third kappa shape index (κ3) is 2.52. The molecule has 1 aliphatic heterocycles. The molecule has 1 aliphatic rings. The van der Waals surface area contributed by atoms with Gasteiger partial charge in [-0.05, 0) is 37.6 Å². The van der Waals surface area contributed by atoms with Crippen LogP contribution < -0.4 is 5.32 Å². The first-order chi connectivity index (χ1) is 8.48. The van der Waals surface area contributed by atoms with E-state index in [1.165, 1.54) is 0 Å². The highest BCUT2D eigenvalue weighted by Crippen LogP contribution is 2.34. The molecule has 1 N–H and O–H groups in total. The SMILES string of the molecule is CNC1(c2ccc(C(F)(F)F)cc2)CCOCC1. The molecule has 0 amide bonds. The Morgan fingerprint density at radius 3 is 2.11 bits per heavy atom. The largest absolute Gasteiger partial charge is 0.416 e. The van der Waals surface area contributed by atoms with Crippen LogP contribution in [0.1, 0.15) is 24.0 Å². The highest BCUT2D eigenvalue weighted by Gasteiger charge is 2.34. The van der Waals surface area contributed by atoms with Gasteiger partial charge in [0, 0.05) is 18.8 Å². The van der Waals surface area contributed by atoms with Crippen molar-refractivity contribution in [2.45, 2.75) is 24.6 Å². The molecule has 1 heterocycles. The van der Waals surface area contributed by atoms with Crippen LogP contribution in [-0.4, -0.2) is 20.3 Å². The summed E-state index contributed by atoms with van der Waals surface area (Å²) in [6, 6.07) is 5.41. The van der Waals surface area contributed by atoms with Gasteiger partial charge in [-0.25, -0.2) is 0 Å². The number of halogens is 3. The van der Waals surface area contributed by atoms with Crippen LogP contribution in [0.5, 0.6) is 0 Å². The maximum atomic E-state index is 12.5. The zero-order valence-corrected chi connectivity index (χ0v) is 10.2. The fraction of sp³-hybridized carbons (Fsp3) is 0.538. The molecule has 18 heavy (non-hydrogen) atoms. The van der Waals surface area contributed by atoms with Crippen molar-refractivity contribution < 1.29 is 17.9 Å². The molecule has 0 saturated carbocycles. The summed E-state index contributed by atoms with van der Waals surface area (Å²) in [5, 5.41) is 3.23. The van der Waals surface area contributed by atoms with Crippen LogP contribution in [0, 0.1) is 0 Å². The lowest BCUT2D eigenvalue weighted by Crippen LogP contribution is -2.44. The van der Waals surface area contributed by atoms with Crippen LogP contribution >= 0.6 is 0 Å². The van der Waals surface area contributed by atoms with Gasteiger partial charge in [0.2, 0.25) is 0 Å². The predicted molar refractivity (Wildman–Crippen MR) is 62.2 cm³/mol. The van der Waals surface area contributed by atoms with Crippen LogP contribution in [-0.2, 0) is 16.5 Å². The molecule has 2 nitrogen and oxygen atoms in total. The van der Waals surface area contributed by atoms with Gasteiger partial charge in [0.15, 0.2) is 0 Å². The first-order valence-electron chi connectivity index (χ1n) is 5.92. The lowest BCUT2D eigenvalue weighted by atomic mass is 9.82. The third-order valence-corrected chi connectivity index (χ3v) is 3.59. The monoisotopic (exact) mass is 259 g/mol. The van der Waals surface area contributed by atoms with Crippen molar-refractivity contribution in [3.8, 4) is 0 Å². The minimum atomic E-state index is -4.28. The summed E-state index contributed by atoms with van der Waals surface area (Å²) in [5.74, 6) is 0. The Morgan fingerprint density at radius 2 is 1.67 bits per heavy atom. The van der Waals surface area contributed by atoms with Gasteiger partial charge in [0.05, 0.1) is 5.56 Å². The lowest BCUT2D eigenvalue weighted by Gasteiger charge is -2.37. The maximum Gasteiger partial charge on any atom is 0.416 e. The summed E-state index contributed by atoms with van der Waals surface area (Å²) in [6.07, 6.45) is -2.73. The molecule has 0 aliphatic carbocycles. The van der Waals surface area contributed by atoms with E-state index in [2.05, 4.69) is 5.32 Å². The lowest BCUT2D eigenvalue weighted by molar-refractivity contribution is -0.137. The van der Waals surface area contributed by atoms with Crippen molar-refractivity contribution >= 4 is 0 Å². The van der Waals surface area contributed by atoms with E-state index in [1.807, 2.05) is 7.05 Å². The van der Waals surface area contributed by atoms with E-state index in [0.29, 0.717) is 13.2 Å². The van der Waals surface area contributed by atoms with Crippen molar-refractivity contribution in [3.63, 3.8) is 0 Å². The van der Waals surface area contributed by atoms with Crippen LogP contribution in [0.15, 0.2) is 24.3 Å². The topological polar surface area (TPSA) is 21.3 Å². The second kappa shape index (κ2) is 4.90. The van der Waals surface area contributed by atoms with Crippen LogP contribution in [0.4, 0.5) is 13.2 Å². The molecule has 0 aromatic heterocycles. The second-order valence-corrected chi connectivity index (χ2v) is 4.52. The average Bonchev–Trinajstić information content (AvgIpc) is 2.39. The Hall–Kier alpha value is -1.07. The number of alkyl halides is 3. The van der Waals surface area contributed by atoms with Crippen LogP contribution in [0.2, 0.25) is 0 Å². The Balaban J connectivity index is 2.27. The first-order valence-corrected chi connectivity index (χ1v) is 5.92. The highest BCUT2D eigenvalue weighted by atomic mass is 19.4. The van der Waals surface area contributed by atoms with Crippen molar-refractivity contribution in [2.75, 3.05) is 20.3 Å². The number of hydrogen-bond acceptors (Lipinski definition) is 2. The van der Waals surface area contributed by atoms with Crippen molar-refractivity contribution in [3.05, 3.63) is 35.4 Å². The quantitative estimate of drug-likeness (QED) is 0.881. The van der Waals surface area contributed by atoms with Gasteiger partial charge in [0.25, 0.3) is 0 Å². The van der Waals surface area contributed by atoms with E-state index in [0.717, 1.165) is 30.5 Å². The standard InChI is InChI=1S/C13H16F3NO/c1-17-12(6-8-18-9-7-12)10-2-4-11(5-3-10)13(14,15)16/h2-5,17H,6-9H2,1H3. The molecule has 100 valence electrons. The second-order valence-electron chi connectivity index (χ2n) is 4.52. The fourth-order valence-electron chi connectivity index (χ4n) is 2.38. The summed E-state index contributed by atoms with van der Waals surface area (Å²) in [6.45, 7) is 1.25. The van der Waals surface area contributed by atoms with E-state index in [-0.39, 0.29) is 5.54 Å². The molecule has 0 atom stereocenters. The Morgan fingerprint density at radius 1 is 1.11 bits per heavy atom. The van der Waals surface area contributed by atoms with Gasteiger partial charge in [-0.2, -0.15) is 13.2 Å². The zero-order chi connectivity index (χ0) is 13.2. The minimum absolute atomic E-state index is 0.262. The summed E-state index contributed by atoms with van der Waals surface area (Å²) >= 11 is 0. The van der Waals surface area contributed by atoms with E-state index < -0.39 is 11.7 Å². The Labute approximate surface area is 104 Å². The molecule has 0 unspecified atom stereocenters. The van der Waals surface area contributed by atoms with Crippen molar-refractivity contribution in [2.24, 2.45) is 0 Å². The predicted octanol–water partition coefficient (Wildman–Crippen LogP) is 2.93. The van der Waals surface area contributed by atoms with Gasteiger partial charge in [-0.15, -0.1) is 0 Å². The van der Waals surface area contributed by atoms with E-state index >= 15 is 0 Å². The molecule has 0 bridgehead atoms. The minimum Gasteiger partial charge on any atom is -0.381 e. The third-order valence-electron chi connectivity index (χ3n) is 3.59. The van der Waals surface area contributed by atoms with Gasteiger partial charge >= 0.3 is 6.18 Å². The molecule has 5 heteroatoms. The molecule has 1 aromatic carbocycles. The smallest absolute Gasteiger partial charge is 0.381 e. The van der Waals surface area contributed by atoms with Gasteiger partial charge in [0.1, 0.15) is 0 Å². The fourth-order valence-corrected chi connectivity index (χ4v) is 2.38. The van der Waals surface area contributed by atoms with E-state index in [9.17, 15) is 13.2 Å². The average molecular weight is 259 g/mol. The number of nitrogens with one attached hydrogen (secondary N) is 1. The number of hydrogen-bond donors (Lipinski definition) is 1. The normalized spacial score (nSPS) is 19.8. The van der Waals surface area contributed by atoms with Crippen LogP contribution in [0.25, 0.3) is 0 Å². The van der Waals surface area contributed by atoms with Gasteiger partial charge in [-0.3, -0.25) is 0 Å². The Kier molecular flexibility index (Phi) is 3.64.